The van der Waals surface area contributed by atoms with Crippen molar-refractivity contribution in [3.05, 3.63) is 45.9 Å². The lowest BCUT2D eigenvalue weighted by Gasteiger charge is -2.39. The Morgan fingerprint density at radius 1 is 0.641 bits per heavy atom. The minimum Gasteiger partial charge on any atom is -0.454 e. The van der Waals surface area contributed by atoms with Gasteiger partial charge in [-0.3, -0.25) is 0 Å². The topological polar surface area (TPSA) is 183 Å². The molecule has 0 saturated carbocycles. The quantitative estimate of drug-likeness (QED) is 0.0994. The molecular formula is C44H52Br2N12O4S2. The molecule has 10 rings (SSSR count). The van der Waals surface area contributed by atoms with Crippen molar-refractivity contribution in [2.75, 3.05) is 51.2 Å². The van der Waals surface area contributed by atoms with Crippen LogP contribution in [0.25, 0.3) is 22.3 Å². The standard InChI is InChI=1S/C44H52Br2N12O4S2/c1-25(55-11-5-27(6-12-55)9-15-57-38-40(48)50-21-51-41(38)54-44(57)64-36-20-34-32(18-30(36)46)60-24-62-34)3-4-26(2)56-13-7-28(8-14-56)10-16-58-42-37(39(47)49-22-52-42)53-43(58)63-35-19-33-31(17-29(35)45)59-23-61-33/h17-22,25-28H,3-16,23-24H2,1-2H3,(H2,47,49,52)(H2,48,50,51). The molecule has 16 nitrogen and oxygen atoms in total. The first-order valence-corrected chi connectivity index (χ1v) is 25.3. The highest BCUT2D eigenvalue weighted by molar-refractivity contribution is 9.10. The van der Waals surface area contributed by atoms with E-state index < -0.39 is 0 Å². The first-order valence-electron chi connectivity index (χ1n) is 22.1. The Labute approximate surface area is 397 Å². The summed E-state index contributed by atoms with van der Waals surface area (Å²) in [5, 5.41) is 1.68. The molecule has 0 spiro atoms. The number of nitrogen functional groups attached to an aromatic ring is 2. The molecule has 6 aromatic rings. The zero-order valence-electron chi connectivity index (χ0n) is 35.9. The molecule has 4 aliphatic rings. The van der Waals surface area contributed by atoms with Crippen LogP contribution in [0, 0.1) is 11.8 Å². The Morgan fingerprint density at radius 2 is 1.12 bits per heavy atom. The summed E-state index contributed by atoms with van der Waals surface area (Å²) in [5.41, 5.74) is 15.5. The van der Waals surface area contributed by atoms with Gasteiger partial charge in [0.25, 0.3) is 0 Å². The van der Waals surface area contributed by atoms with Crippen molar-refractivity contribution in [2.45, 2.75) is 110 Å². The second-order valence-corrected chi connectivity index (χ2v) is 21.0. The molecule has 2 atom stereocenters. The minimum atomic E-state index is 0.227. The van der Waals surface area contributed by atoms with Crippen molar-refractivity contribution < 1.29 is 18.9 Å². The summed E-state index contributed by atoms with van der Waals surface area (Å²) in [4.78, 5) is 34.8. The summed E-state index contributed by atoms with van der Waals surface area (Å²) in [5.74, 6) is 5.05. The van der Waals surface area contributed by atoms with Crippen molar-refractivity contribution in [1.82, 2.24) is 48.8 Å². The lowest BCUT2D eigenvalue weighted by molar-refractivity contribution is 0.103. The fourth-order valence-electron chi connectivity index (χ4n) is 9.45. The molecule has 0 amide bonds. The van der Waals surface area contributed by atoms with Gasteiger partial charge in [0.2, 0.25) is 13.6 Å². The van der Waals surface area contributed by atoms with E-state index in [0.717, 1.165) is 115 Å². The van der Waals surface area contributed by atoms with Crippen molar-refractivity contribution in [1.29, 1.82) is 0 Å². The van der Waals surface area contributed by atoms with Gasteiger partial charge in [0.05, 0.1) is 0 Å². The summed E-state index contributed by atoms with van der Waals surface area (Å²) in [6, 6.07) is 9.01. The van der Waals surface area contributed by atoms with Crippen molar-refractivity contribution in [2.24, 2.45) is 11.8 Å². The van der Waals surface area contributed by atoms with Gasteiger partial charge in [0, 0.05) is 43.9 Å². The second kappa shape index (κ2) is 19.0. The Morgan fingerprint density at radius 3 is 1.69 bits per heavy atom. The molecule has 20 heteroatoms. The van der Waals surface area contributed by atoms with E-state index in [-0.39, 0.29) is 13.6 Å². The molecule has 2 fully saturated rings. The molecule has 4 aromatic heterocycles. The summed E-state index contributed by atoms with van der Waals surface area (Å²) >= 11 is 10.6. The zero-order chi connectivity index (χ0) is 43.9. The number of aromatic nitrogens is 8. The number of likely N-dealkylation sites (tertiary alicyclic amines) is 2. The van der Waals surface area contributed by atoms with Gasteiger partial charge < -0.3 is 49.3 Å². The highest BCUT2D eigenvalue weighted by Gasteiger charge is 2.28. The lowest BCUT2D eigenvalue weighted by atomic mass is 9.91. The van der Waals surface area contributed by atoms with E-state index in [4.69, 9.17) is 40.4 Å². The number of nitrogens with two attached hydrogens (primary N) is 2. The van der Waals surface area contributed by atoms with Gasteiger partial charge in [-0.05, 0) is 159 Å². The number of imidazole rings is 2. The highest BCUT2D eigenvalue weighted by Crippen LogP contribution is 2.45. The Balaban J connectivity index is 0.687. The van der Waals surface area contributed by atoms with Crippen LogP contribution in [0.15, 0.2) is 66.0 Å². The number of anilines is 2. The highest BCUT2D eigenvalue weighted by atomic mass is 79.9. The normalized spacial score (nSPS) is 18.1. The second-order valence-electron chi connectivity index (χ2n) is 17.2. The molecule has 2 unspecified atom stereocenters. The Bertz CT molecular complexity index is 2650. The molecule has 8 heterocycles. The number of fused-ring (bicyclic) bond motifs is 4. The van der Waals surface area contributed by atoms with E-state index in [1.807, 2.05) is 24.3 Å². The van der Waals surface area contributed by atoms with E-state index >= 15 is 0 Å². The van der Waals surface area contributed by atoms with E-state index in [2.05, 4.69) is 84.6 Å². The molecule has 338 valence electrons. The number of hydrogen-bond donors (Lipinski definition) is 2. The monoisotopic (exact) mass is 1030 g/mol. The predicted octanol–water partition coefficient (Wildman–Crippen LogP) is 8.88. The molecule has 0 bridgehead atoms. The molecule has 4 N–H and O–H groups in total. The van der Waals surface area contributed by atoms with Crippen LogP contribution in [-0.4, -0.2) is 101 Å². The van der Waals surface area contributed by atoms with Crippen LogP contribution in [-0.2, 0) is 13.1 Å². The molecule has 64 heavy (non-hydrogen) atoms. The van der Waals surface area contributed by atoms with Gasteiger partial charge in [-0.1, -0.05) is 23.5 Å². The average molecular weight is 1040 g/mol. The molecule has 0 radical (unpaired) electrons. The minimum absolute atomic E-state index is 0.227. The first kappa shape index (κ1) is 43.8. The number of rotatable bonds is 15. The van der Waals surface area contributed by atoms with E-state index in [1.54, 1.807) is 23.5 Å². The van der Waals surface area contributed by atoms with Gasteiger partial charge in [-0.15, -0.1) is 0 Å². The van der Waals surface area contributed by atoms with Crippen molar-refractivity contribution in [3.63, 3.8) is 0 Å². The number of hydrogen-bond acceptors (Lipinski definition) is 16. The number of nitrogens with zero attached hydrogens (tertiary/aromatic N) is 10. The van der Waals surface area contributed by atoms with Gasteiger partial charge in [-0.25, -0.2) is 29.9 Å². The largest absolute Gasteiger partial charge is 0.454 e. The zero-order valence-corrected chi connectivity index (χ0v) is 40.7. The van der Waals surface area contributed by atoms with Crippen molar-refractivity contribution >= 4 is 89.3 Å². The fourth-order valence-corrected chi connectivity index (χ4v) is 12.5. The molecular weight excluding hydrogens is 985 g/mol. The first-order chi connectivity index (χ1) is 31.1. The number of ether oxygens (including phenoxy) is 4. The number of halogens is 2. The molecule has 0 aliphatic carbocycles. The fraction of sp³-hybridized carbons (Fsp3) is 0.500. The number of benzene rings is 2. The number of aryl methyl sites for hydroxylation is 2. The van der Waals surface area contributed by atoms with Crippen LogP contribution in [0.4, 0.5) is 11.6 Å². The van der Waals surface area contributed by atoms with Crippen LogP contribution in [0.5, 0.6) is 23.0 Å². The maximum atomic E-state index is 6.42. The summed E-state index contributed by atoms with van der Waals surface area (Å²) in [7, 11) is 0. The van der Waals surface area contributed by atoms with Crippen molar-refractivity contribution in [3.8, 4) is 23.0 Å². The van der Waals surface area contributed by atoms with E-state index in [1.165, 1.54) is 51.2 Å². The molecule has 2 saturated heterocycles. The summed E-state index contributed by atoms with van der Waals surface area (Å²) in [6.07, 6.45) is 12.3. The van der Waals surface area contributed by atoms with Gasteiger partial charge in [0.15, 0.2) is 61.8 Å². The third-order valence-electron chi connectivity index (χ3n) is 13.4. The smallest absolute Gasteiger partial charge is 0.231 e. The van der Waals surface area contributed by atoms with Crippen LogP contribution < -0.4 is 30.4 Å². The maximum absolute atomic E-state index is 6.42. The SMILES string of the molecule is CC(CCC(C)N1CCC(CCn2c(Sc3cc4c(cc3Br)OCO4)nc3ncnc(N)c32)CC1)N1CCC(CCn2c(Sc3cc4c(cc3Br)OCO4)nc3c(N)ncnc32)CC1. The van der Waals surface area contributed by atoms with Gasteiger partial charge in [-0.2, -0.15) is 0 Å². The summed E-state index contributed by atoms with van der Waals surface area (Å²) < 4.78 is 28.7. The number of piperidine rings is 2. The third kappa shape index (κ3) is 9.19. The van der Waals surface area contributed by atoms with Crippen LogP contribution in [0.1, 0.15) is 65.2 Å². The molecule has 4 aliphatic heterocycles. The van der Waals surface area contributed by atoms with Crippen LogP contribution in [0.3, 0.4) is 0 Å². The molecule has 2 aromatic carbocycles. The summed E-state index contributed by atoms with van der Waals surface area (Å²) in [6.45, 7) is 11.5. The van der Waals surface area contributed by atoms with Gasteiger partial charge in [0.1, 0.15) is 18.2 Å². The lowest BCUT2D eigenvalue weighted by Crippen LogP contribution is -2.43. The third-order valence-corrected chi connectivity index (χ3v) is 17.3. The predicted molar refractivity (Wildman–Crippen MR) is 254 cm³/mol. The van der Waals surface area contributed by atoms with E-state index in [0.29, 0.717) is 46.7 Å². The van der Waals surface area contributed by atoms with Gasteiger partial charge >= 0.3 is 0 Å². The Kier molecular flexibility index (Phi) is 13.0. The average Bonchev–Trinajstić information content (AvgIpc) is 4.11. The maximum Gasteiger partial charge on any atom is 0.231 e. The Hall–Kier alpha value is -4.08. The van der Waals surface area contributed by atoms with Crippen LogP contribution >= 0.6 is 55.4 Å². The van der Waals surface area contributed by atoms with E-state index in [9.17, 15) is 0 Å². The van der Waals surface area contributed by atoms with Crippen LogP contribution in [0.2, 0.25) is 0 Å².